The van der Waals surface area contributed by atoms with Gasteiger partial charge in [-0.2, -0.15) is 0 Å². The standard InChI is InChI=1S/C13H16BrN3O3/c14-10-6-15-7-11(17(18)19)13(10)16-9-3-4-20-12(5-9)8-1-2-8/h6-9,12H,1-5H2,(H,15,16). The van der Waals surface area contributed by atoms with Crippen molar-refractivity contribution in [2.24, 2.45) is 5.92 Å². The van der Waals surface area contributed by atoms with E-state index in [1.807, 2.05) is 0 Å². The van der Waals surface area contributed by atoms with E-state index in [0.717, 1.165) is 19.4 Å². The van der Waals surface area contributed by atoms with Gasteiger partial charge in [0.25, 0.3) is 0 Å². The second-order valence-electron chi connectivity index (χ2n) is 5.38. The summed E-state index contributed by atoms with van der Waals surface area (Å²) < 4.78 is 6.41. The third-order valence-electron chi connectivity index (χ3n) is 3.89. The number of nitro groups is 1. The summed E-state index contributed by atoms with van der Waals surface area (Å²) in [6.45, 7) is 0.718. The Hall–Kier alpha value is -1.21. The average molecular weight is 342 g/mol. The summed E-state index contributed by atoms with van der Waals surface area (Å²) in [5, 5.41) is 14.4. The lowest BCUT2D eigenvalue weighted by molar-refractivity contribution is -0.384. The molecule has 0 spiro atoms. The van der Waals surface area contributed by atoms with Crippen LogP contribution >= 0.6 is 15.9 Å². The first kappa shape index (κ1) is 13.8. The van der Waals surface area contributed by atoms with Crippen molar-refractivity contribution in [1.29, 1.82) is 0 Å². The monoisotopic (exact) mass is 341 g/mol. The molecule has 1 N–H and O–H groups in total. The van der Waals surface area contributed by atoms with Gasteiger partial charge in [0.15, 0.2) is 0 Å². The number of pyridine rings is 1. The zero-order valence-electron chi connectivity index (χ0n) is 10.9. The first-order valence-electron chi connectivity index (χ1n) is 6.81. The fourth-order valence-electron chi connectivity index (χ4n) is 2.67. The van der Waals surface area contributed by atoms with Gasteiger partial charge in [-0.15, -0.1) is 0 Å². The van der Waals surface area contributed by atoms with Crippen LogP contribution in [-0.2, 0) is 4.74 Å². The Kier molecular flexibility index (Phi) is 3.89. The van der Waals surface area contributed by atoms with Gasteiger partial charge >= 0.3 is 5.69 Å². The Morgan fingerprint density at radius 2 is 2.20 bits per heavy atom. The maximum absolute atomic E-state index is 11.1. The predicted octanol–water partition coefficient (Wildman–Crippen LogP) is 3.12. The van der Waals surface area contributed by atoms with Crippen LogP contribution in [0.3, 0.4) is 0 Å². The number of nitrogens with zero attached hydrogens (tertiary/aromatic N) is 2. The number of anilines is 1. The Labute approximate surface area is 125 Å². The van der Waals surface area contributed by atoms with Crippen molar-refractivity contribution >= 4 is 27.3 Å². The van der Waals surface area contributed by atoms with E-state index in [1.54, 1.807) is 6.20 Å². The third kappa shape index (κ3) is 2.93. The highest BCUT2D eigenvalue weighted by molar-refractivity contribution is 9.10. The summed E-state index contributed by atoms with van der Waals surface area (Å²) in [5.74, 6) is 0.690. The predicted molar refractivity (Wildman–Crippen MR) is 77.7 cm³/mol. The number of hydrogen-bond donors (Lipinski definition) is 1. The molecule has 2 fully saturated rings. The van der Waals surface area contributed by atoms with Gasteiger partial charge in [0.1, 0.15) is 11.9 Å². The lowest BCUT2D eigenvalue weighted by Gasteiger charge is -2.31. The lowest BCUT2D eigenvalue weighted by atomic mass is 10.00. The molecular formula is C13H16BrN3O3. The first-order valence-corrected chi connectivity index (χ1v) is 7.60. The second-order valence-corrected chi connectivity index (χ2v) is 6.24. The van der Waals surface area contributed by atoms with Crippen LogP contribution in [-0.4, -0.2) is 28.7 Å². The van der Waals surface area contributed by atoms with Crippen LogP contribution in [0.25, 0.3) is 0 Å². The minimum Gasteiger partial charge on any atom is -0.378 e. The van der Waals surface area contributed by atoms with Crippen LogP contribution < -0.4 is 5.32 Å². The minimum absolute atomic E-state index is 0.00818. The Morgan fingerprint density at radius 1 is 1.40 bits per heavy atom. The third-order valence-corrected chi connectivity index (χ3v) is 4.49. The number of aromatic nitrogens is 1. The number of nitrogens with one attached hydrogen (secondary N) is 1. The molecule has 0 radical (unpaired) electrons. The molecule has 1 aliphatic heterocycles. The number of ether oxygens (including phenoxy) is 1. The molecule has 0 bridgehead atoms. The van der Waals surface area contributed by atoms with Crippen molar-refractivity contribution in [3.05, 3.63) is 27.0 Å². The van der Waals surface area contributed by atoms with Crippen molar-refractivity contribution < 1.29 is 9.66 Å². The van der Waals surface area contributed by atoms with Crippen LogP contribution in [0.2, 0.25) is 0 Å². The normalized spacial score (nSPS) is 26.2. The fourth-order valence-corrected chi connectivity index (χ4v) is 3.10. The van der Waals surface area contributed by atoms with Crippen LogP contribution in [0.4, 0.5) is 11.4 Å². The molecule has 6 nitrogen and oxygen atoms in total. The van der Waals surface area contributed by atoms with Crippen molar-refractivity contribution in [1.82, 2.24) is 4.98 Å². The van der Waals surface area contributed by atoms with Gasteiger partial charge in [0.2, 0.25) is 0 Å². The molecular weight excluding hydrogens is 326 g/mol. The van der Waals surface area contributed by atoms with E-state index in [0.29, 0.717) is 22.2 Å². The highest BCUT2D eigenvalue weighted by Crippen LogP contribution is 2.39. The molecule has 2 atom stereocenters. The lowest BCUT2D eigenvalue weighted by Crippen LogP contribution is -2.35. The SMILES string of the molecule is O=[N+]([O-])c1cncc(Br)c1NC1CCOC(C2CC2)C1. The minimum atomic E-state index is -0.405. The molecule has 1 aromatic heterocycles. The fraction of sp³-hybridized carbons (Fsp3) is 0.615. The largest absolute Gasteiger partial charge is 0.378 e. The Morgan fingerprint density at radius 3 is 2.90 bits per heavy atom. The number of hydrogen-bond acceptors (Lipinski definition) is 5. The van der Waals surface area contributed by atoms with Crippen molar-refractivity contribution in [3.63, 3.8) is 0 Å². The molecule has 1 saturated heterocycles. The van der Waals surface area contributed by atoms with E-state index in [4.69, 9.17) is 4.74 Å². The van der Waals surface area contributed by atoms with E-state index < -0.39 is 4.92 Å². The van der Waals surface area contributed by atoms with Crippen molar-refractivity contribution in [2.75, 3.05) is 11.9 Å². The second kappa shape index (κ2) is 5.65. The topological polar surface area (TPSA) is 77.3 Å². The van der Waals surface area contributed by atoms with Gasteiger partial charge in [-0.25, -0.2) is 0 Å². The van der Waals surface area contributed by atoms with Gasteiger partial charge in [-0.05, 0) is 47.5 Å². The van der Waals surface area contributed by atoms with E-state index in [-0.39, 0.29) is 11.7 Å². The molecule has 1 aliphatic carbocycles. The molecule has 2 unspecified atom stereocenters. The van der Waals surface area contributed by atoms with Crippen molar-refractivity contribution in [2.45, 2.75) is 37.8 Å². The number of halogens is 1. The summed E-state index contributed by atoms with van der Waals surface area (Å²) in [4.78, 5) is 14.5. The van der Waals surface area contributed by atoms with E-state index in [9.17, 15) is 10.1 Å². The molecule has 7 heteroatoms. The molecule has 2 aliphatic rings. The van der Waals surface area contributed by atoms with Gasteiger partial charge in [0, 0.05) is 18.8 Å². The smallest absolute Gasteiger partial charge is 0.311 e. The molecule has 2 heterocycles. The average Bonchev–Trinajstić information content (AvgIpc) is 3.25. The van der Waals surface area contributed by atoms with Gasteiger partial charge in [-0.1, -0.05) is 0 Å². The molecule has 0 aromatic carbocycles. The first-order chi connectivity index (χ1) is 9.65. The van der Waals surface area contributed by atoms with Crippen molar-refractivity contribution in [3.8, 4) is 0 Å². The number of rotatable bonds is 4. The maximum atomic E-state index is 11.1. The Bertz CT molecular complexity index is 522. The summed E-state index contributed by atoms with van der Waals surface area (Å²) in [5.41, 5.74) is 0.528. The molecule has 108 valence electrons. The summed E-state index contributed by atoms with van der Waals surface area (Å²) in [6.07, 6.45) is 7.44. The van der Waals surface area contributed by atoms with E-state index in [2.05, 4.69) is 26.2 Å². The zero-order valence-corrected chi connectivity index (χ0v) is 12.5. The zero-order chi connectivity index (χ0) is 14.1. The quantitative estimate of drug-likeness (QED) is 0.672. The molecule has 1 saturated carbocycles. The molecule has 20 heavy (non-hydrogen) atoms. The van der Waals surface area contributed by atoms with Gasteiger partial charge in [0.05, 0.1) is 15.5 Å². The van der Waals surface area contributed by atoms with Crippen LogP contribution in [0.5, 0.6) is 0 Å². The van der Waals surface area contributed by atoms with Crippen LogP contribution in [0, 0.1) is 16.0 Å². The molecule has 3 rings (SSSR count). The summed E-state index contributed by atoms with van der Waals surface area (Å²) >= 11 is 3.34. The maximum Gasteiger partial charge on any atom is 0.311 e. The van der Waals surface area contributed by atoms with Crippen LogP contribution in [0.1, 0.15) is 25.7 Å². The summed E-state index contributed by atoms with van der Waals surface area (Å²) in [7, 11) is 0. The van der Waals surface area contributed by atoms with Crippen LogP contribution in [0.15, 0.2) is 16.9 Å². The molecule has 1 aromatic rings. The Balaban J connectivity index is 1.75. The van der Waals surface area contributed by atoms with Gasteiger partial charge < -0.3 is 10.1 Å². The highest BCUT2D eigenvalue weighted by Gasteiger charge is 2.36. The summed E-state index contributed by atoms with van der Waals surface area (Å²) in [6, 6.07) is 0.215. The van der Waals surface area contributed by atoms with E-state index in [1.165, 1.54) is 19.0 Å². The van der Waals surface area contributed by atoms with Gasteiger partial charge in [-0.3, -0.25) is 15.1 Å². The molecule has 0 amide bonds. The highest BCUT2D eigenvalue weighted by atomic mass is 79.9. The van der Waals surface area contributed by atoms with E-state index >= 15 is 0 Å².